The molecule has 0 aliphatic carbocycles. The highest BCUT2D eigenvalue weighted by atomic mass is 19.1. The van der Waals surface area contributed by atoms with E-state index in [1.54, 1.807) is 12.1 Å². The molecule has 0 unspecified atom stereocenters. The van der Waals surface area contributed by atoms with Crippen LogP contribution in [0.3, 0.4) is 0 Å². The fraction of sp³-hybridized carbons (Fsp3) is 0.188. The molecule has 0 fully saturated rings. The number of hydrogen-bond acceptors (Lipinski definition) is 3. The zero-order chi connectivity index (χ0) is 27.3. The minimum atomic E-state index is -0.970. The van der Waals surface area contributed by atoms with E-state index >= 15 is 4.39 Å². The Labute approximate surface area is 224 Å². The minimum Gasteiger partial charge on any atom is -0.490 e. The van der Waals surface area contributed by atoms with E-state index in [2.05, 4.69) is 0 Å². The van der Waals surface area contributed by atoms with Crippen LogP contribution in [0.25, 0.3) is 39.2 Å². The smallest absolute Gasteiger partial charge is 0.307 e. The lowest BCUT2D eigenvalue weighted by molar-refractivity contribution is -0.136. The number of halogens is 2. The van der Waals surface area contributed by atoms with Gasteiger partial charge in [0.2, 0.25) is 0 Å². The zero-order valence-corrected chi connectivity index (χ0v) is 21.6. The third-order valence-electron chi connectivity index (χ3n) is 7.44. The summed E-state index contributed by atoms with van der Waals surface area (Å²) in [6.07, 6.45) is 5.03. The number of hydrogen-bond donors (Lipinski definition) is 1. The van der Waals surface area contributed by atoms with E-state index in [9.17, 15) is 14.3 Å². The van der Waals surface area contributed by atoms with Crippen LogP contribution in [0.15, 0.2) is 67.0 Å². The highest BCUT2D eigenvalue weighted by Crippen LogP contribution is 2.41. The van der Waals surface area contributed by atoms with Crippen molar-refractivity contribution in [1.29, 1.82) is 0 Å². The quantitative estimate of drug-likeness (QED) is 0.265. The van der Waals surface area contributed by atoms with Gasteiger partial charge < -0.3 is 14.2 Å². The second kappa shape index (κ2) is 9.66. The molecule has 7 heteroatoms. The highest BCUT2D eigenvalue weighted by Gasteiger charge is 2.25. The fourth-order valence-corrected chi connectivity index (χ4v) is 5.51. The number of aliphatic carboxylic acids is 1. The molecule has 0 saturated carbocycles. The molecule has 0 saturated heterocycles. The van der Waals surface area contributed by atoms with Crippen molar-refractivity contribution < 1.29 is 23.4 Å². The van der Waals surface area contributed by atoms with Crippen LogP contribution in [0.5, 0.6) is 5.75 Å². The third kappa shape index (κ3) is 4.44. The molecular formula is C32H26F2N2O3. The fourth-order valence-electron chi connectivity index (χ4n) is 5.51. The predicted octanol–water partition coefficient (Wildman–Crippen LogP) is 7.18. The van der Waals surface area contributed by atoms with Crippen molar-refractivity contribution in [1.82, 2.24) is 9.38 Å². The first-order valence-corrected chi connectivity index (χ1v) is 12.8. The van der Waals surface area contributed by atoms with Gasteiger partial charge in [0.25, 0.3) is 0 Å². The Kier molecular flexibility index (Phi) is 6.14. The molecule has 1 aliphatic heterocycles. The van der Waals surface area contributed by atoms with Gasteiger partial charge >= 0.3 is 5.97 Å². The molecule has 196 valence electrons. The van der Waals surface area contributed by atoms with Crippen molar-refractivity contribution in [2.24, 2.45) is 0 Å². The van der Waals surface area contributed by atoms with Crippen LogP contribution in [-0.4, -0.2) is 27.1 Å². The van der Waals surface area contributed by atoms with Crippen molar-refractivity contribution in [3.05, 3.63) is 101 Å². The highest BCUT2D eigenvalue weighted by molar-refractivity contribution is 5.89. The van der Waals surface area contributed by atoms with E-state index < -0.39 is 11.8 Å². The molecule has 0 amide bonds. The summed E-state index contributed by atoms with van der Waals surface area (Å²) in [5.74, 6) is -1.43. The maximum absolute atomic E-state index is 15.3. The van der Waals surface area contributed by atoms with Gasteiger partial charge in [0.15, 0.2) is 11.6 Å². The molecule has 5 aromatic rings. The molecule has 1 N–H and O–H groups in total. The third-order valence-corrected chi connectivity index (χ3v) is 7.44. The summed E-state index contributed by atoms with van der Waals surface area (Å²) in [7, 11) is 0. The molecule has 3 heterocycles. The lowest BCUT2D eigenvalue weighted by Crippen LogP contribution is -2.13. The van der Waals surface area contributed by atoms with Crippen LogP contribution in [0, 0.1) is 25.5 Å². The molecule has 0 spiro atoms. The molecular weight excluding hydrogens is 498 g/mol. The van der Waals surface area contributed by atoms with Crippen LogP contribution < -0.4 is 4.74 Å². The Morgan fingerprint density at radius 1 is 1.03 bits per heavy atom. The van der Waals surface area contributed by atoms with Crippen LogP contribution in [0.2, 0.25) is 0 Å². The van der Waals surface area contributed by atoms with Gasteiger partial charge in [-0.15, -0.1) is 0 Å². The maximum Gasteiger partial charge on any atom is 0.307 e. The van der Waals surface area contributed by atoms with E-state index in [1.807, 2.05) is 54.9 Å². The Hall–Kier alpha value is -4.52. The number of carboxylic acid groups (broad SMARTS) is 1. The second-order valence-electron chi connectivity index (χ2n) is 9.97. The summed E-state index contributed by atoms with van der Waals surface area (Å²) in [6, 6.07) is 15.6. The Morgan fingerprint density at radius 2 is 1.79 bits per heavy atom. The van der Waals surface area contributed by atoms with Crippen molar-refractivity contribution >= 4 is 11.6 Å². The first-order valence-electron chi connectivity index (χ1n) is 12.8. The first kappa shape index (κ1) is 24.8. The largest absolute Gasteiger partial charge is 0.490 e. The van der Waals surface area contributed by atoms with Gasteiger partial charge in [-0.25, -0.2) is 13.8 Å². The standard InChI is InChI=1S/C32H26F2N2O3/c1-18-16-36-17-28(22-6-3-5-21(13-22)20-8-10-23(33)11-9-20)35-32(36)30(25(18)15-29(37)38)26-14-27(34)31-24(19(26)2)7-4-12-39-31/h3,5-6,8-11,13-14,16-17H,4,7,12,15H2,1-2H3,(H,37,38). The summed E-state index contributed by atoms with van der Waals surface area (Å²) in [4.78, 5) is 16.9. The molecule has 5 nitrogen and oxygen atoms in total. The molecule has 0 radical (unpaired) electrons. The van der Waals surface area contributed by atoms with Gasteiger partial charge in [0.1, 0.15) is 11.5 Å². The molecule has 0 bridgehead atoms. The van der Waals surface area contributed by atoms with E-state index in [0.717, 1.165) is 39.8 Å². The average molecular weight is 525 g/mol. The van der Waals surface area contributed by atoms with Crippen molar-refractivity contribution in [2.75, 3.05) is 6.61 Å². The van der Waals surface area contributed by atoms with Crippen LogP contribution in [-0.2, 0) is 17.6 Å². The number of fused-ring (bicyclic) bond motifs is 2. The average Bonchev–Trinajstić information content (AvgIpc) is 3.35. The van der Waals surface area contributed by atoms with E-state index in [-0.39, 0.29) is 18.0 Å². The van der Waals surface area contributed by atoms with Gasteiger partial charge in [-0.05, 0) is 84.3 Å². The lowest BCUT2D eigenvalue weighted by atomic mass is 9.88. The topological polar surface area (TPSA) is 63.8 Å². The number of aryl methyl sites for hydroxylation is 1. The van der Waals surface area contributed by atoms with Crippen molar-refractivity contribution in [3.63, 3.8) is 0 Å². The Bertz CT molecular complexity index is 1760. The first-order chi connectivity index (χ1) is 18.8. The van der Waals surface area contributed by atoms with E-state index in [0.29, 0.717) is 41.1 Å². The van der Waals surface area contributed by atoms with Gasteiger partial charge in [-0.3, -0.25) is 4.79 Å². The molecule has 1 aliphatic rings. The Balaban J connectivity index is 1.57. The normalized spacial score (nSPS) is 12.8. The number of imidazole rings is 1. The van der Waals surface area contributed by atoms with Gasteiger partial charge in [-0.2, -0.15) is 0 Å². The number of nitrogens with zero attached hydrogens (tertiary/aromatic N) is 2. The number of carbonyl (C=O) groups is 1. The van der Waals surface area contributed by atoms with Crippen molar-refractivity contribution in [2.45, 2.75) is 33.1 Å². The molecule has 39 heavy (non-hydrogen) atoms. The number of rotatable bonds is 5. The molecule has 0 atom stereocenters. The summed E-state index contributed by atoms with van der Waals surface area (Å²) in [5, 5.41) is 9.75. The Morgan fingerprint density at radius 3 is 2.56 bits per heavy atom. The molecule has 6 rings (SSSR count). The summed E-state index contributed by atoms with van der Waals surface area (Å²) >= 11 is 0. The number of ether oxygens (including phenoxy) is 1. The monoisotopic (exact) mass is 524 g/mol. The van der Waals surface area contributed by atoms with Gasteiger partial charge in [-0.1, -0.05) is 30.3 Å². The predicted molar refractivity (Wildman–Crippen MR) is 146 cm³/mol. The number of pyridine rings is 1. The number of carboxylic acids is 1. The second-order valence-corrected chi connectivity index (χ2v) is 9.97. The minimum absolute atomic E-state index is 0.214. The lowest BCUT2D eigenvalue weighted by Gasteiger charge is -2.23. The SMILES string of the molecule is Cc1cn2cc(-c3cccc(-c4ccc(F)cc4)c3)nc2c(-c2cc(F)c3c(c2C)CCCO3)c1CC(=O)O. The maximum atomic E-state index is 15.3. The van der Waals surface area contributed by atoms with Gasteiger partial charge in [0.05, 0.1) is 18.7 Å². The number of benzene rings is 3. The zero-order valence-electron chi connectivity index (χ0n) is 21.6. The number of aromatic nitrogens is 2. The molecule has 2 aromatic heterocycles. The summed E-state index contributed by atoms with van der Waals surface area (Å²) in [5.41, 5.74) is 8.19. The summed E-state index contributed by atoms with van der Waals surface area (Å²) < 4.78 is 36.3. The van der Waals surface area contributed by atoms with E-state index in [4.69, 9.17) is 9.72 Å². The van der Waals surface area contributed by atoms with Crippen LogP contribution in [0.1, 0.15) is 28.7 Å². The van der Waals surface area contributed by atoms with Crippen molar-refractivity contribution in [3.8, 4) is 39.3 Å². The van der Waals surface area contributed by atoms with Crippen LogP contribution in [0.4, 0.5) is 8.78 Å². The summed E-state index contributed by atoms with van der Waals surface area (Å²) in [6.45, 7) is 4.27. The van der Waals surface area contributed by atoms with Gasteiger partial charge in [0, 0.05) is 29.1 Å². The van der Waals surface area contributed by atoms with E-state index in [1.165, 1.54) is 18.2 Å². The van der Waals surface area contributed by atoms with Crippen LogP contribution >= 0.6 is 0 Å². The molecule has 3 aromatic carbocycles.